The molecule has 0 amide bonds. The van der Waals surface area contributed by atoms with Crippen molar-refractivity contribution in [1.82, 2.24) is 0 Å². The first-order valence-electron chi connectivity index (χ1n) is 4.79. The van der Waals surface area contributed by atoms with Crippen LogP contribution in [0.5, 0.6) is 0 Å². The van der Waals surface area contributed by atoms with Crippen molar-refractivity contribution in [3.63, 3.8) is 0 Å². The number of carbonyl (C=O) groups is 1. The molecule has 1 aliphatic rings. The first kappa shape index (κ1) is 11.0. The predicted molar refractivity (Wildman–Crippen MR) is 62.1 cm³/mol. The van der Waals surface area contributed by atoms with Crippen molar-refractivity contribution in [2.45, 2.75) is 18.4 Å². The number of hydrogen-bond donors (Lipinski definition) is 2. The molecule has 0 aromatic heterocycles. The molecule has 1 fully saturated rings. The maximum Gasteiger partial charge on any atom is 0.329 e. The highest BCUT2D eigenvalue weighted by Gasteiger charge is 2.50. The minimum Gasteiger partial charge on any atom is -0.480 e. The van der Waals surface area contributed by atoms with Crippen molar-refractivity contribution in [2.24, 2.45) is 0 Å². The molecule has 0 atom stereocenters. The molecule has 0 bridgehead atoms. The molecule has 1 saturated carbocycles. The van der Waals surface area contributed by atoms with Crippen molar-refractivity contribution in [2.75, 3.05) is 5.32 Å². The molecule has 1 aromatic rings. The van der Waals surface area contributed by atoms with Gasteiger partial charge in [-0.2, -0.15) is 5.26 Å². The fraction of sp³-hybridized carbons (Fsp3) is 0.273. The highest BCUT2D eigenvalue weighted by molar-refractivity contribution is 9.10. The van der Waals surface area contributed by atoms with Gasteiger partial charge in [0.15, 0.2) is 0 Å². The van der Waals surface area contributed by atoms with Gasteiger partial charge in [0.25, 0.3) is 0 Å². The van der Waals surface area contributed by atoms with Crippen LogP contribution in [0.15, 0.2) is 22.7 Å². The van der Waals surface area contributed by atoms with Gasteiger partial charge < -0.3 is 10.4 Å². The number of aliphatic carboxylic acids is 1. The monoisotopic (exact) mass is 280 g/mol. The van der Waals surface area contributed by atoms with Crippen LogP contribution in [0.3, 0.4) is 0 Å². The van der Waals surface area contributed by atoms with Gasteiger partial charge in [-0.05, 0) is 31.0 Å². The summed E-state index contributed by atoms with van der Waals surface area (Å²) in [5.41, 5.74) is 0.159. The number of rotatable bonds is 3. The average Bonchev–Trinajstić information content (AvgIpc) is 3.02. The quantitative estimate of drug-likeness (QED) is 0.892. The first-order valence-corrected chi connectivity index (χ1v) is 5.58. The Morgan fingerprint density at radius 1 is 1.56 bits per heavy atom. The molecule has 5 heteroatoms. The lowest BCUT2D eigenvalue weighted by atomic mass is 10.1. The molecule has 1 aliphatic carbocycles. The van der Waals surface area contributed by atoms with Crippen LogP contribution in [0, 0.1) is 11.3 Å². The summed E-state index contributed by atoms with van der Waals surface area (Å²) in [5.74, 6) is -0.862. The Bertz CT molecular complexity index is 489. The molecule has 0 heterocycles. The van der Waals surface area contributed by atoms with Crippen LogP contribution in [0.1, 0.15) is 18.4 Å². The third-order valence-electron chi connectivity index (χ3n) is 2.64. The van der Waals surface area contributed by atoms with E-state index in [1.54, 1.807) is 18.2 Å². The summed E-state index contributed by atoms with van der Waals surface area (Å²) in [6.07, 6.45) is 1.20. The Morgan fingerprint density at radius 3 is 2.75 bits per heavy atom. The van der Waals surface area contributed by atoms with Crippen LogP contribution in [0.25, 0.3) is 0 Å². The van der Waals surface area contributed by atoms with E-state index in [1.165, 1.54) is 0 Å². The fourth-order valence-electron chi connectivity index (χ4n) is 1.49. The SMILES string of the molecule is N#Cc1cc(Br)ccc1NC1(C(=O)O)CC1. The highest BCUT2D eigenvalue weighted by Crippen LogP contribution is 2.40. The van der Waals surface area contributed by atoms with Crippen LogP contribution in [-0.2, 0) is 4.79 Å². The van der Waals surface area contributed by atoms with E-state index in [2.05, 4.69) is 21.2 Å². The van der Waals surface area contributed by atoms with E-state index in [-0.39, 0.29) is 0 Å². The van der Waals surface area contributed by atoms with E-state index in [1.807, 2.05) is 6.07 Å². The molecule has 0 unspecified atom stereocenters. The number of hydrogen-bond acceptors (Lipinski definition) is 3. The van der Waals surface area contributed by atoms with Crippen LogP contribution < -0.4 is 5.32 Å². The van der Waals surface area contributed by atoms with Crippen molar-refractivity contribution < 1.29 is 9.90 Å². The average molecular weight is 281 g/mol. The standard InChI is InChI=1S/C11H9BrN2O2/c12-8-1-2-9(7(5-8)6-13)14-11(3-4-11)10(15)16/h1-2,5,14H,3-4H2,(H,15,16). The molecular formula is C11H9BrN2O2. The zero-order valence-electron chi connectivity index (χ0n) is 8.33. The maximum absolute atomic E-state index is 11.0. The van der Waals surface area contributed by atoms with Gasteiger partial charge in [0.2, 0.25) is 0 Å². The Hall–Kier alpha value is -1.54. The number of nitriles is 1. The summed E-state index contributed by atoms with van der Waals surface area (Å²) in [4.78, 5) is 11.0. The predicted octanol–water partition coefficient (Wildman–Crippen LogP) is 2.35. The van der Waals surface area contributed by atoms with Gasteiger partial charge in [-0.25, -0.2) is 4.79 Å². The van der Waals surface area contributed by atoms with E-state index in [9.17, 15) is 4.79 Å². The van der Waals surface area contributed by atoms with Gasteiger partial charge >= 0.3 is 5.97 Å². The first-order chi connectivity index (χ1) is 7.57. The number of carboxylic acid groups (broad SMARTS) is 1. The summed E-state index contributed by atoms with van der Waals surface area (Å²) < 4.78 is 0.801. The second-order valence-corrected chi connectivity index (χ2v) is 4.73. The second kappa shape index (κ2) is 3.80. The van der Waals surface area contributed by atoms with Gasteiger partial charge in [-0.1, -0.05) is 15.9 Å². The van der Waals surface area contributed by atoms with Gasteiger partial charge in [0.1, 0.15) is 11.6 Å². The van der Waals surface area contributed by atoms with E-state index in [0.29, 0.717) is 24.1 Å². The molecule has 2 rings (SSSR count). The number of halogens is 1. The summed E-state index contributed by atoms with van der Waals surface area (Å²) in [5, 5.41) is 20.9. The second-order valence-electron chi connectivity index (χ2n) is 3.81. The maximum atomic E-state index is 11.0. The van der Waals surface area contributed by atoms with Crippen LogP contribution in [0.2, 0.25) is 0 Å². The Labute approximate surface area is 101 Å². The molecule has 0 aliphatic heterocycles. The third-order valence-corrected chi connectivity index (χ3v) is 3.13. The highest BCUT2D eigenvalue weighted by atomic mass is 79.9. The minimum absolute atomic E-state index is 0.446. The number of anilines is 1. The van der Waals surface area contributed by atoms with Crippen molar-refractivity contribution in [3.8, 4) is 6.07 Å². The summed E-state index contributed by atoms with van der Waals surface area (Å²) >= 11 is 3.27. The van der Waals surface area contributed by atoms with E-state index in [0.717, 1.165) is 4.47 Å². The molecule has 4 nitrogen and oxygen atoms in total. The molecule has 82 valence electrons. The van der Waals surface area contributed by atoms with Crippen molar-refractivity contribution in [3.05, 3.63) is 28.2 Å². The summed E-state index contributed by atoms with van der Waals surface area (Å²) in [6.45, 7) is 0. The minimum atomic E-state index is -0.862. The summed E-state index contributed by atoms with van der Waals surface area (Å²) in [7, 11) is 0. The van der Waals surface area contributed by atoms with E-state index < -0.39 is 11.5 Å². The summed E-state index contributed by atoms with van der Waals surface area (Å²) in [6, 6.07) is 7.20. The molecule has 2 N–H and O–H groups in total. The molecule has 1 aromatic carbocycles. The van der Waals surface area contributed by atoms with Gasteiger partial charge in [-0.15, -0.1) is 0 Å². The fourth-order valence-corrected chi connectivity index (χ4v) is 1.85. The van der Waals surface area contributed by atoms with Gasteiger partial charge in [0.05, 0.1) is 11.3 Å². The molecule has 0 saturated heterocycles. The Balaban J connectivity index is 2.29. The Morgan fingerprint density at radius 2 is 2.25 bits per heavy atom. The zero-order valence-corrected chi connectivity index (χ0v) is 9.91. The lowest BCUT2D eigenvalue weighted by Crippen LogP contribution is -2.31. The third kappa shape index (κ3) is 1.89. The molecule has 0 spiro atoms. The number of carboxylic acids is 1. The smallest absolute Gasteiger partial charge is 0.329 e. The Kier molecular flexibility index (Phi) is 2.60. The lowest BCUT2D eigenvalue weighted by Gasteiger charge is -2.15. The normalized spacial score (nSPS) is 16.2. The lowest BCUT2D eigenvalue weighted by molar-refractivity contribution is -0.138. The molecular weight excluding hydrogens is 272 g/mol. The van der Waals surface area contributed by atoms with Crippen LogP contribution >= 0.6 is 15.9 Å². The van der Waals surface area contributed by atoms with E-state index >= 15 is 0 Å². The molecule has 0 radical (unpaired) electrons. The zero-order chi connectivity index (χ0) is 11.8. The molecule has 16 heavy (non-hydrogen) atoms. The van der Waals surface area contributed by atoms with Crippen LogP contribution in [-0.4, -0.2) is 16.6 Å². The van der Waals surface area contributed by atoms with Crippen molar-refractivity contribution in [1.29, 1.82) is 5.26 Å². The number of benzene rings is 1. The van der Waals surface area contributed by atoms with E-state index in [4.69, 9.17) is 10.4 Å². The topological polar surface area (TPSA) is 73.1 Å². The van der Waals surface area contributed by atoms with Crippen molar-refractivity contribution >= 4 is 27.6 Å². The van der Waals surface area contributed by atoms with Gasteiger partial charge in [-0.3, -0.25) is 0 Å². The van der Waals surface area contributed by atoms with Gasteiger partial charge in [0, 0.05) is 4.47 Å². The number of nitrogens with zero attached hydrogens (tertiary/aromatic N) is 1. The number of nitrogens with one attached hydrogen (secondary N) is 1. The van der Waals surface area contributed by atoms with Crippen LogP contribution in [0.4, 0.5) is 5.69 Å². The largest absolute Gasteiger partial charge is 0.480 e.